The lowest BCUT2D eigenvalue weighted by Crippen LogP contribution is -2.40. The van der Waals surface area contributed by atoms with Crippen molar-refractivity contribution in [2.24, 2.45) is 0 Å². The monoisotopic (exact) mass is 310 g/mol. The first kappa shape index (κ1) is 16.7. The molecular formula is C13H14N2O5S. The number of benzene rings is 1. The SMILES string of the molecule is C#CCC(NS(=O)(=O)c1ccc(NC(C)=O)cc1)C(=O)O. The zero-order chi connectivity index (χ0) is 16.0. The van der Waals surface area contributed by atoms with Gasteiger partial charge in [0.25, 0.3) is 0 Å². The Labute approximate surface area is 122 Å². The summed E-state index contributed by atoms with van der Waals surface area (Å²) in [5.74, 6) is 0.455. The van der Waals surface area contributed by atoms with Crippen molar-refractivity contribution in [2.75, 3.05) is 5.32 Å². The van der Waals surface area contributed by atoms with Gasteiger partial charge in [0, 0.05) is 19.0 Å². The standard InChI is InChI=1S/C13H14N2O5S/c1-3-4-12(13(17)18)15-21(19,20)11-7-5-10(6-8-11)14-9(2)16/h1,5-8,12,15H,4H2,2H3,(H,14,16)(H,17,18). The topological polar surface area (TPSA) is 113 Å². The molecule has 0 aliphatic heterocycles. The Morgan fingerprint density at radius 1 is 1.33 bits per heavy atom. The average molecular weight is 310 g/mol. The van der Waals surface area contributed by atoms with Crippen LogP contribution < -0.4 is 10.0 Å². The van der Waals surface area contributed by atoms with Crippen molar-refractivity contribution < 1.29 is 23.1 Å². The molecule has 0 aliphatic rings. The largest absolute Gasteiger partial charge is 0.480 e. The number of hydrogen-bond acceptors (Lipinski definition) is 4. The van der Waals surface area contributed by atoms with E-state index in [1.807, 2.05) is 4.72 Å². The molecule has 0 fully saturated rings. The quantitative estimate of drug-likeness (QED) is 0.658. The molecule has 0 radical (unpaired) electrons. The van der Waals surface area contributed by atoms with Crippen molar-refractivity contribution in [2.45, 2.75) is 24.3 Å². The summed E-state index contributed by atoms with van der Waals surface area (Å²) in [6.07, 6.45) is 4.74. The Hall–Kier alpha value is -2.37. The molecule has 1 amide bonds. The molecule has 112 valence electrons. The molecule has 0 aliphatic carbocycles. The van der Waals surface area contributed by atoms with E-state index < -0.39 is 22.0 Å². The molecule has 1 rings (SSSR count). The number of sulfonamides is 1. The van der Waals surface area contributed by atoms with E-state index in [9.17, 15) is 18.0 Å². The first-order chi connectivity index (χ1) is 9.76. The van der Waals surface area contributed by atoms with Crippen molar-refractivity contribution in [1.29, 1.82) is 0 Å². The van der Waals surface area contributed by atoms with E-state index in [4.69, 9.17) is 11.5 Å². The van der Waals surface area contributed by atoms with Crippen molar-refractivity contribution in [3.05, 3.63) is 24.3 Å². The summed E-state index contributed by atoms with van der Waals surface area (Å²) >= 11 is 0. The average Bonchev–Trinajstić information content (AvgIpc) is 2.37. The van der Waals surface area contributed by atoms with Crippen molar-refractivity contribution in [3.8, 4) is 12.3 Å². The predicted molar refractivity (Wildman–Crippen MR) is 75.9 cm³/mol. The number of carbonyl (C=O) groups is 2. The molecule has 1 unspecified atom stereocenters. The van der Waals surface area contributed by atoms with E-state index in [0.717, 1.165) is 0 Å². The highest BCUT2D eigenvalue weighted by Gasteiger charge is 2.24. The zero-order valence-electron chi connectivity index (χ0n) is 11.2. The van der Waals surface area contributed by atoms with E-state index in [1.54, 1.807) is 0 Å². The second-order valence-electron chi connectivity index (χ2n) is 4.13. The van der Waals surface area contributed by atoms with E-state index in [0.29, 0.717) is 5.69 Å². The molecule has 8 heteroatoms. The van der Waals surface area contributed by atoms with Gasteiger partial charge in [-0.15, -0.1) is 12.3 Å². The molecule has 0 bridgehead atoms. The smallest absolute Gasteiger partial charge is 0.322 e. The Morgan fingerprint density at radius 3 is 2.33 bits per heavy atom. The minimum absolute atomic E-state index is 0.125. The highest BCUT2D eigenvalue weighted by molar-refractivity contribution is 7.89. The lowest BCUT2D eigenvalue weighted by molar-refractivity contribution is -0.138. The number of rotatable bonds is 6. The van der Waals surface area contributed by atoms with Crippen molar-refractivity contribution in [1.82, 2.24) is 4.72 Å². The fourth-order valence-electron chi connectivity index (χ4n) is 1.47. The van der Waals surface area contributed by atoms with Gasteiger partial charge in [0.2, 0.25) is 15.9 Å². The summed E-state index contributed by atoms with van der Waals surface area (Å²) in [5.41, 5.74) is 0.430. The fourth-order valence-corrected chi connectivity index (χ4v) is 2.66. The highest BCUT2D eigenvalue weighted by Crippen LogP contribution is 2.14. The van der Waals surface area contributed by atoms with Gasteiger partial charge in [-0.3, -0.25) is 9.59 Å². The van der Waals surface area contributed by atoms with Gasteiger partial charge in [-0.2, -0.15) is 4.72 Å². The first-order valence-electron chi connectivity index (χ1n) is 5.82. The van der Waals surface area contributed by atoms with Crippen LogP contribution >= 0.6 is 0 Å². The Kier molecular flexibility index (Phi) is 5.46. The minimum Gasteiger partial charge on any atom is -0.480 e. The van der Waals surface area contributed by atoms with Gasteiger partial charge in [-0.1, -0.05) is 0 Å². The van der Waals surface area contributed by atoms with Crippen LogP contribution in [0.1, 0.15) is 13.3 Å². The van der Waals surface area contributed by atoms with E-state index in [2.05, 4.69) is 11.2 Å². The van der Waals surface area contributed by atoms with E-state index >= 15 is 0 Å². The molecule has 0 heterocycles. The summed E-state index contributed by atoms with van der Waals surface area (Å²) in [4.78, 5) is 21.6. The summed E-state index contributed by atoms with van der Waals surface area (Å²) in [7, 11) is -4.01. The van der Waals surface area contributed by atoms with Gasteiger partial charge in [-0.05, 0) is 24.3 Å². The third-order valence-corrected chi connectivity index (χ3v) is 3.89. The molecule has 1 aromatic rings. The Morgan fingerprint density at radius 2 is 1.90 bits per heavy atom. The molecule has 3 N–H and O–H groups in total. The maximum Gasteiger partial charge on any atom is 0.322 e. The normalized spacial score (nSPS) is 12.2. The number of amides is 1. The first-order valence-corrected chi connectivity index (χ1v) is 7.31. The number of anilines is 1. The molecule has 0 saturated heterocycles. The number of hydrogen-bond donors (Lipinski definition) is 3. The van der Waals surface area contributed by atoms with E-state index in [-0.39, 0.29) is 17.2 Å². The summed E-state index contributed by atoms with van der Waals surface area (Å²) < 4.78 is 26.1. The van der Waals surface area contributed by atoms with Gasteiger partial charge in [0.05, 0.1) is 4.90 Å². The molecule has 21 heavy (non-hydrogen) atoms. The molecule has 1 atom stereocenters. The fraction of sp³-hybridized carbons (Fsp3) is 0.231. The van der Waals surface area contributed by atoms with Crippen LogP contribution in [-0.2, 0) is 19.6 Å². The van der Waals surface area contributed by atoms with Crippen LogP contribution in [0, 0.1) is 12.3 Å². The van der Waals surface area contributed by atoms with Gasteiger partial charge >= 0.3 is 5.97 Å². The number of terminal acetylenes is 1. The second kappa shape index (κ2) is 6.88. The van der Waals surface area contributed by atoms with Crippen LogP contribution in [-0.4, -0.2) is 31.4 Å². The zero-order valence-corrected chi connectivity index (χ0v) is 12.0. The van der Waals surface area contributed by atoms with Crippen LogP contribution in [0.15, 0.2) is 29.2 Å². The maximum absolute atomic E-state index is 12.0. The van der Waals surface area contributed by atoms with Gasteiger partial charge in [0.1, 0.15) is 6.04 Å². The van der Waals surface area contributed by atoms with Gasteiger partial charge < -0.3 is 10.4 Å². The third kappa shape index (κ3) is 4.91. The summed E-state index contributed by atoms with van der Waals surface area (Å²) in [6.45, 7) is 1.32. The summed E-state index contributed by atoms with van der Waals surface area (Å²) in [5, 5.41) is 11.4. The predicted octanol–water partition coefficient (Wildman–Crippen LogP) is 0.400. The molecule has 0 spiro atoms. The lowest BCUT2D eigenvalue weighted by atomic mass is 10.2. The van der Waals surface area contributed by atoms with E-state index in [1.165, 1.54) is 31.2 Å². The van der Waals surface area contributed by atoms with Crippen LogP contribution in [0.3, 0.4) is 0 Å². The molecule has 0 aromatic heterocycles. The minimum atomic E-state index is -4.01. The van der Waals surface area contributed by atoms with Crippen LogP contribution in [0.25, 0.3) is 0 Å². The van der Waals surface area contributed by atoms with Gasteiger partial charge in [-0.25, -0.2) is 8.42 Å². The number of nitrogens with one attached hydrogen (secondary N) is 2. The summed E-state index contributed by atoms with van der Waals surface area (Å²) in [6, 6.07) is 3.90. The number of carbonyl (C=O) groups excluding carboxylic acids is 1. The van der Waals surface area contributed by atoms with Crippen LogP contribution in [0.2, 0.25) is 0 Å². The molecular weight excluding hydrogens is 296 g/mol. The number of carboxylic acid groups (broad SMARTS) is 1. The second-order valence-corrected chi connectivity index (χ2v) is 5.84. The maximum atomic E-state index is 12.0. The molecule has 1 aromatic carbocycles. The van der Waals surface area contributed by atoms with Gasteiger partial charge in [0.15, 0.2) is 0 Å². The third-order valence-electron chi connectivity index (χ3n) is 2.40. The highest BCUT2D eigenvalue weighted by atomic mass is 32.2. The Balaban J connectivity index is 2.95. The van der Waals surface area contributed by atoms with Crippen molar-refractivity contribution >= 4 is 27.6 Å². The molecule has 7 nitrogen and oxygen atoms in total. The Bertz CT molecular complexity index is 674. The van der Waals surface area contributed by atoms with Crippen LogP contribution in [0.5, 0.6) is 0 Å². The lowest BCUT2D eigenvalue weighted by Gasteiger charge is -2.12. The van der Waals surface area contributed by atoms with Crippen LogP contribution in [0.4, 0.5) is 5.69 Å². The number of aliphatic carboxylic acids is 1. The number of carboxylic acids is 1. The molecule has 0 saturated carbocycles. The van der Waals surface area contributed by atoms with Crippen molar-refractivity contribution in [3.63, 3.8) is 0 Å².